The van der Waals surface area contributed by atoms with Gasteiger partial charge in [-0.3, -0.25) is 0 Å². The van der Waals surface area contributed by atoms with E-state index in [0.29, 0.717) is 6.54 Å². The van der Waals surface area contributed by atoms with Crippen molar-refractivity contribution in [2.24, 2.45) is 0 Å². The summed E-state index contributed by atoms with van der Waals surface area (Å²) < 4.78 is 0.794. The summed E-state index contributed by atoms with van der Waals surface area (Å²) in [5.74, 6) is 0. The summed E-state index contributed by atoms with van der Waals surface area (Å²) >= 11 is 0. The van der Waals surface area contributed by atoms with Gasteiger partial charge in [-0.2, -0.15) is 0 Å². The first-order valence-corrected chi connectivity index (χ1v) is 9.02. The van der Waals surface area contributed by atoms with Crippen LogP contribution >= 0.6 is 0 Å². The van der Waals surface area contributed by atoms with Gasteiger partial charge in [0.2, 0.25) is 0 Å². The minimum Gasteiger partial charge on any atom is -0.624 e. The number of hydroxylamine groups is 1. The SMILES string of the molecule is C=[N+]([O-])CCCCCCCCCCCCCCCCC. The lowest BCUT2D eigenvalue weighted by molar-refractivity contribution is -0.449. The molecule has 0 aliphatic rings. The molecule has 0 fully saturated rings. The standard InChI is InChI=1S/C18H37NO/c1-3-4-5-6-7-8-9-10-11-12-13-14-15-16-17-18-19(2)20/h2-18H2,1H3. The molecule has 0 bridgehead atoms. The summed E-state index contributed by atoms with van der Waals surface area (Å²) in [6.45, 7) is 6.19. The highest BCUT2D eigenvalue weighted by Crippen LogP contribution is 2.13. The van der Waals surface area contributed by atoms with Crippen LogP contribution in [0.25, 0.3) is 0 Å². The summed E-state index contributed by atoms with van der Waals surface area (Å²) in [7, 11) is 0. The third-order valence-electron chi connectivity index (χ3n) is 4.01. The first-order chi connectivity index (χ1) is 9.77. The van der Waals surface area contributed by atoms with Crippen molar-refractivity contribution in [3.8, 4) is 0 Å². The van der Waals surface area contributed by atoms with Gasteiger partial charge in [-0.25, -0.2) is 4.74 Å². The van der Waals surface area contributed by atoms with Crippen molar-refractivity contribution in [3.63, 3.8) is 0 Å². The minimum absolute atomic E-state index is 0.595. The van der Waals surface area contributed by atoms with Crippen LogP contribution in [0.15, 0.2) is 0 Å². The Balaban J connectivity index is 2.94. The van der Waals surface area contributed by atoms with E-state index in [1.54, 1.807) is 0 Å². The molecule has 0 unspecified atom stereocenters. The van der Waals surface area contributed by atoms with Crippen LogP contribution < -0.4 is 0 Å². The van der Waals surface area contributed by atoms with Gasteiger partial charge in [-0.15, -0.1) is 0 Å². The molecule has 0 atom stereocenters. The van der Waals surface area contributed by atoms with Gasteiger partial charge in [0, 0.05) is 6.42 Å². The van der Waals surface area contributed by atoms with Crippen LogP contribution in [-0.2, 0) is 0 Å². The van der Waals surface area contributed by atoms with Crippen LogP contribution in [0.3, 0.4) is 0 Å². The lowest BCUT2D eigenvalue weighted by atomic mass is 10.0. The second kappa shape index (κ2) is 16.5. The van der Waals surface area contributed by atoms with Gasteiger partial charge >= 0.3 is 0 Å². The van der Waals surface area contributed by atoms with Crippen LogP contribution in [0.2, 0.25) is 0 Å². The van der Waals surface area contributed by atoms with Gasteiger partial charge in [-0.05, 0) is 6.42 Å². The maximum absolute atomic E-state index is 10.6. The van der Waals surface area contributed by atoms with E-state index in [9.17, 15) is 5.21 Å². The van der Waals surface area contributed by atoms with Crippen LogP contribution in [0.5, 0.6) is 0 Å². The normalized spacial score (nSPS) is 10.8. The zero-order valence-corrected chi connectivity index (χ0v) is 13.9. The molecule has 0 aliphatic carbocycles. The second-order valence-corrected chi connectivity index (χ2v) is 6.16. The maximum atomic E-state index is 10.6. The van der Waals surface area contributed by atoms with Gasteiger partial charge in [0.1, 0.15) is 6.72 Å². The van der Waals surface area contributed by atoms with Crippen molar-refractivity contribution in [1.29, 1.82) is 0 Å². The molecule has 0 N–H and O–H groups in total. The predicted molar refractivity (Wildman–Crippen MR) is 90.5 cm³/mol. The van der Waals surface area contributed by atoms with E-state index in [1.807, 2.05) is 0 Å². The highest BCUT2D eigenvalue weighted by atomic mass is 16.5. The van der Waals surface area contributed by atoms with Crippen molar-refractivity contribution >= 4 is 6.72 Å². The van der Waals surface area contributed by atoms with Gasteiger partial charge in [0.15, 0.2) is 6.54 Å². The van der Waals surface area contributed by atoms with Crippen LogP contribution in [-0.4, -0.2) is 18.0 Å². The van der Waals surface area contributed by atoms with Crippen LogP contribution in [0, 0.1) is 5.21 Å². The molecular formula is C18H37NO. The zero-order valence-electron chi connectivity index (χ0n) is 13.9. The molecule has 0 amide bonds. The summed E-state index contributed by atoms with van der Waals surface area (Å²) in [5.41, 5.74) is 0. The van der Waals surface area contributed by atoms with E-state index >= 15 is 0 Å². The van der Waals surface area contributed by atoms with E-state index in [-0.39, 0.29) is 0 Å². The number of hydrogen-bond acceptors (Lipinski definition) is 1. The molecule has 0 aromatic rings. The van der Waals surface area contributed by atoms with E-state index < -0.39 is 0 Å². The largest absolute Gasteiger partial charge is 0.624 e. The molecule has 120 valence electrons. The average Bonchev–Trinajstić information content (AvgIpc) is 2.43. The highest BCUT2D eigenvalue weighted by Gasteiger charge is 1.95. The van der Waals surface area contributed by atoms with Gasteiger partial charge in [-0.1, -0.05) is 90.4 Å². The van der Waals surface area contributed by atoms with E-state index in [2.05, 4.69) is 13.6 Å². The van der Waals surface area contributed by atoms with Crippen molar-refractivity contribution < 1.29 is 4.74 Å². The lowest BCUT2D eigenvalue weighted by Gasteiger charge is -2.03. The summed E-state index contributed by atoms with van der Waals surface area (Å²) in [6, 6.07) is 0. The second-order valence-electron chi connectivity index (χ2n) is 6.16. The number of hydrogen-bond donors (Lipinski definition) is 0. The molecule has 20 heavy (non-hydrogen) atoms. The third kappa shape index (κ3) is 17.5. The van der Waals surface area contributed by atoms with Crippen molar-refractivity contribution in [3.05, 3.63) is 5.21 Å². The number of nitrogens with zero attached hydrogens (tertiary/aromatic N) is 1. The summed E-state index contributed by atoms with van der Waals surface area (Å²) in [5, 5.41) is 10.6. The van der Waals surface area contributed by atoms with E-state index in [1.165, 1.54) is 89.9 Å². The molecule has 0 spiro atoms. The first kappa shape index (κ1) is 19.5. The molecule has 0 heterocycles. The molecule has 0 aromatic heterocycles. The molecule has 2 nitrogen and oxygen atoms in total. The Kier molecular flexibility index (Phi) is 16.1. The van der Waals surface area contributed by atoms with Crippen molar-refractivity contribution in [1.82, 2.24) is 0 Å². The molecule has 2 heteroatoms. The minimum atomic E-state index is 0.595. The Morgan fingerprint density at radius 3 is 1.20 bits per heavy atom. The Bertz CT molecular complexity index is 204. The molecule has 0 rings (SSSR count). The molecule has 0 aliphatic heterocycles. The first-order valence-electron chi connectivity index (χ1n) is 9.02. The Morgan fingerprint density at radius 2 is 0.900 bits per heavy atom. The van der Waals surface area contributed by atoms with E-state index in [4.69, 9.17) is 0 Å². The average molecular weight is 283 g/mol. The van der Waals surface area contributed by atoms with Gasteiger partial charge in [0.25, 0.3) is 0 Å². The number of unbranched alkanes of at least 4 members (excludes halogenated alkanes) is 14. The maximum Gasteiger partial charge on any atom is 0.152 e. The fraction of sp³-hybridized carbons (Fsp3) is 0.944. The predicted octanol–water partition coefficient (Wildman–Crippen LogP) is 6.07. The quantitative estimate of drug-likeness (QED) is 0.111. The lowest BCUT2D eigenvalue weighted by Crippen LogP contribution is -2.01. The number of rotatable bonds is 16. The zero-order chi connectivity index (χ0) is 14.9. The molecular weight excluding hydrogens is 246 g/mol. The van der Waals surface area contributed by atoms with Crippen molar-refractivity contribution in [2.45, 2.75) is 103 Å². The summed E-state index contributed by atoms with van der Waals surface area (Å²) in [4.78, 5) is 0. The molecule has 0 saturated heterocycles. The van der Waals surface area contributed by atoms with Crippen LogP contribution in [0.1, 0.15) is 103 Å². The summed E-state index contributed by atoms with van der Waals surface area (Å²) in [6.07, 6.45) is 20.4. The Hall–Kier alpha value is -0.530. The van der Waals surface area contributed by atoms with Crippen molar-refractivity contribution in [2.75, 3.05) is 6.54 Å². The molecule has 0 saturated carbocycles. The Labute approximate surface area is 127 Å². The fourth-order valence-corrected chi connectivity index (χ4v) is 2.66. The van der Waals surface area contributed by atoms with E-state index in [0.717, 1.165) is 11.2 Å². The molecule has 0 radical (unpaired) electrons. The monoisotopic (exact) mass is 283 g/mol. The van der Waals surface area contributed by atoms with Gasteiger partial charge in [0.05, 0.1) is 0 Å². The van der Waals surface area contributed by atoms with Gasteiger partial charge < -0.3 is 5.21 Å². The molecule has 0 aromatic carbocycles. The Morgan fingerprint density at radius 1 is 0.600 bits per heavy atom. The smallest absolute Gasteiger partial charge is 0.152 e. The topological polar surface area (TPSA) is 26.1 Å². The fourth-order valence-electron chi connectivity index (χ4n) is 2.66. The highest BCUT2D eigenvalue weighted by molar-refractivity contribution is 5.14. The van der Waals surface area contributed by atoms with Crippen LogP contribution in [0.4, 0.5) is 0 Å². The third-order valence-corrected chi connectivity index (χ3v) is 4.01.